The average Bonchev–Trinajstić information content (AvgIpc) is 2.92. The van der Waals surface area contributed by atoms with Crippen LogP contribution in [0.1, 0.15) is 26.3 Å². The number of hydrogen-bond acceptors (Lipinski definition) is 6. The first kappa shape index (κ1) is 16.3. The smallest absolute Gasteiger partial charge is 0.352 e. The van der Waals surface area contributed by atoms with Crippen molar-refractivity contribution in [2.75, 3.05) is 6.61 Å². The summed E-state index contributed by atoms with van der Waals surface area (Å²) in [5.74, 6) is -0.634. The third kappa shape index (κ3) is 2.03. The number of aryl methyl sites for hydroxylation is 1. The Kier molecular flexibility index (Phi) is 3.88. The zero-order valence-electron chi connectivity index (χ0n) is 13.6. The number of benzene rings is 1. The molecule has 2 heterocycles. The van der Waals surface area contributed by atoms with Crippen LogP contribution in [0.5, 0.6) is 0 Å². The first-order chi connectivity index (χ1) is 10.9. The van der Waals surface area contributed by atoms with Crippen molar-refractivity contribution in [3.05, 3.63) is 29.8 Å². The number of azo groups is 1. The number of esters is 1. The zero-order valence-corrected chi connectivity index (χ0v) is 14.4. The Morgan fingerprint density at radius 1 is 1.35 bits per heavy atom. The summed E-state index contributed by atoms with van der Waals surface area (Å²) in [4.78, 5) is 11.6. The molecular formula is C16H20N2O4S. The average molecular weight is 336 g/mol. The highest BCUT2D eigenvalue weighted by atomic mass is 32.2. The van der Waals surface area contributed by atoms with E-state index in [1.807, 2.05) is 39.8 Å². The van der Waals surface area contributed by atoms with Gasteiger partial charge < -0.3 is 9.47 Å². The fourth-order valence-electron chi connectivity index (χ4n) is 3.10. The standard InChI is InChI=1S/C16H20N2O4S/c1-5-21-14-15(4)11(3)17-18-16(15,13(19)22-14)23(20)12-8-6-10(2)7-9-12/h6-9,11,14H,5H2,1-4H3/t11-,14-,15+,16+,23?/m1/s1. The molecule has 2 aliphatic rings. The van der Waals surface area contributed by atoms with E-state index >= 15 is 0 Å². The van der Waals surface area contributed by atoms with Gasteiger partial charge >= 0.3 is 5.97 Å². The van der Waals surface area contributed by atoms with E-state index in [1.165, 1.54) is 0 Å². The van der Waals surface area contributed by atoms with Crippen LogP contribution in [0.2, 0.25) is 0 Å². The Hall–Kier alpha value is -1.60. The molecule has 1 fully saturated rings. The topological polar surface area (TPSA) is 77.3 Å². The molecule has 124 valence electrons. The maximum absolute atomic E-state index is 13.3. The summed E-state index contributed by atoms with van der Waals surface area (Å²) in [6.45, 7) is 7.80. The van der Waals surface area contributed by atoms with E-state index in [0.717, 1.165) is 5.56 Å². The molecule has 2 aliphatic heterocycles. The summed E-state index contributed by atoms with van der Waals surface area (Å²) in [5.41, 5.74) is 0.143. The summed E-state index contributed by atoms with van der Waals surface area (Å²) in [5, 5.41) is 8.33. The molecule has 0 amide bonds. The minimum absolute atomic E-state index is 0.333. The molecule has 1 aromatic rings. The lowest BCUT2D eigenvalue weighted by atomic mass is 9.78. The van der Waals surface area contributed by atoms with Crippen LogP contribution in [0.25, 0.3) is 0 Å². The Labute approximate surface area is 137 Å². The molecule has 0 bridgehead atoms. The van der Waals surface area contributed by atoms with Crippen molar-refractivity contribution >= 4 is 16.8 Å². The Bertz CT molecular complexity index is 690. The lowest BCUT2D eigenvalue weighted by Gasteiger charge is -2.34. The summed E-state index contributed by atoms with van der Waals surface area (Å²) >= 11 is 0. The van der Waals surface area contributed by atoms with Gasteiger partial charge in [0.1, 0.15) is 5.41 Å². The maximum atomic E-state index is 13.3. The van der Waals surface area contributed by atoms with Gasteiger partial charge in [-0.1, -0.05) is 17.7 Å². The van der Waals surface area contributed by atoms with E-state index in [1.54, 1.807) is 12.1 Å². The molecule has 0 spiro atoms. The van der Waals surface area contributed by atoms with E-state index in [4.69, 9.17) is 9.47 Å². The van der Waals surface area contributed by atoms with Crippen LogP contribution in [0.4, 0.5) is 0 Å². The minimum atomic E-state index is -1.72. The molecule has 0 saturated carbocycles. The second-order valence-electron chi connectivity index (χ2n) is 6.09. The molecule has 0 aliphatic carbocycles. The maximum Gasteiger partial charge on any atom is 0.352 e. The number of carbonyl (C=O) groups excluding carboxylic acids is 1. The molecule has 1 saturated heterocycles. The second kappa shape index (κ2) is 5.49. The molecule has 1 unspecified atom stereocenters. The van der Waals surface area contributed by atoms with Crippen molar-refractivity contribution < 1.29 is 18.5 Å². The van der Waals surface area contributed by atoms with E-state index in [2.05, 4.69) is 10.2 Å². The van der Waals surface area contributed by atoms with Crippen LogP contribution in [0.15, 0.2) is 39.4 Å². The van der Waals surface area contributed by atoms with Gasteiger partial charge in [0.25, 0.3) is 4.87 Å². The van der Waals surface area contributed by atoms with Crippen molar-refractivity contribution in [3.63, 3.8) is 0 Å². The van der Waals surface area contributed by atoms with Crippen LogP contribution in [-0.2, 0) is 25.1 Å². The van der Waals surface area contributed by atoms with Gasteiger partial charge in [-0.25, -0.2) is 4.79 Å². The lowest BCUT2D eigenvalue weighted by molar-refractivity contribution is -0.176. The summed E-state index contributed by atoms with van der Waals surface area (Å²) in [6, 6.07) is 6.88. The molecule has 5 atom stereocenters. The molecule has 1 aromatic carbocycles. The highest BCUT2D eigenvalue weighted by Gasteiger charge is 2.75. The fraction of sp³-hybridized carbons (Fsp3) is 0.562. The van der Waals surface area contributed by atoms with Crippen molar-refractivity contribution in [2.45, 2.75) is 49.8 Å². The zero-order chi connectivity index (χ0) is 16.8. The van der Waals surface area contributed by atoms with Gasteiger partial charge in [-0.15, -0.1) is 0 Å². The highest BCUT2D eigenvalue weighted by Crippen LogP contribution is 2.56. The van der Waals surface area contributed by atoms with E-state index in [9.17, 15) is 9.00 Å². The molecule has 23 heavy (non-hydrogen) atoms. The van der Waals surface area contributed by atoms with E-state index < -0.39 is 33.3 Å². The summed E-state index contributed by atoms with van der Waals surface area (Å²) in [7, 11) is -1.72. The number of fused-ring (bicyclic) bond motifs is 1. The molecule has 7 heteroatoms. The van der Waals surface area contributed by atoms with Crippen molar-refractivity contribution in [1.29, 1.82) is 0 Å². The van der Waals surface area contributed by atoms with Gasteiger partial charge in [-0.05, 0) is 39.8 Å². The normalized spacial score (nSPS) is 36.8. The van der Waals surface area contributed by atoms with Crippen LogP contribution in [-0.4, -0.2) is 34.0 Å². The van der Waals surface area contributed by atoms with Gasteiger partial charge in [0.05, 0.1) is 16.8 Å². The van der Waals surface area contributed by atoms with Crippen LogP contribution in [0.3, 0.4) is 0 Å². The van der Waals surface area contributed by atoms with Gasteiger partial charge in [0, 0.05) is 11.5 Å². The molecular weight excluding hydrogens is 316 g/mol. The van der Waals surface area contributed by atoms with Crippen LogP contribution < -0.4 is 0 Å². The number of ether oxygens (including phenoxy) is 2. The van der Waals surface area contributed by atoms with Crippen molar-refractivity contribution in [1.82, 2.24) is 0 Å². The van der Waals surface area contributed by atoms with Gasteiger partial charge in [-0.2, -0.15) is 10.2 Å². The number of nitrogens with zero attached hydrogens (tertiary/aromatic N) is 2. The Morgan fingerprint density at radius 3 is 2.61 bits per heavy atom. The van der Waals surface area contributed by atoms with Crippen molar-refractivity contribution in [3.8, 4) is 0 Å². The molecule has 0 aromatic heterocycles. The largest absolute Gasteiger partial charge is 0.432 e. The third-order valence-electron chi connectivity index (χ3n) is 4.77. The minimum Gasteiger partial charge on any atom is -0.432 e. The predicted molar refractivity (Wildman–Crippen MR) is 84.2 cm³/mol. The van der Waals surface area contributed by atoms with Gasteiger partial charge in [-0.3, -0.25) is 4.21 Å². The van der Waals surface area contributed by atoms with E-state index in [-0.39, 0.29) is 6.04 Å². The molecule has 0 radical (unpaired) electrons. The first-order valence-electron chi connectivity index (χ1n) is 7.61. The summed E-state index contributed by atoms with van der Waals surface area (Å²) < 4.78 is 24.3. The predicted octanol–water partition coefficient (Wildman–Crippen LogP) is 2.58. The second-order valence-corrected chi connectivity index (χ2v) is 7.69. The molecule has 6 nitrogen and oxygen atoms in total. The molecule has 0 N–H and O–H groups in total. The van der Waals surface area contributed by atoms with Crippen LogP contribution in [0, 0.1) is 12.3 Å². The number of rotatable bonds is 4. The monoisotopic (exact) mass is 336 g/mol. The Balaban J connectivity index is 2.10. The number of hydrogen-bond donors (Lipinski definition) is 0. The quantitative estimate of drug-likeness (QED) is 0.792. The lowest BCUT2D eigenvalue weighted by Crippen LogP contribution is -2.53. The highest BCUT2D eigenvalue weighted by molar-refractivity contribution is 7.87. The van der Waals surface area contributed by atoms with Gasteiger partial charge in [0.15, 0.2) is 0 Å². The SMILES string of the molecule is CCO[C@@H]1OC(=O)[C@@]2(S(=O)c3ccc(C)cc3)N=N[C@H](C)[C@@]12C. The third-order valence-corrected chi connectivity index (χ3v) is 6.70. The Morgan fingerprint density at radius 2 is 2.00 bits per heavy atom. The summed E-state index contributed by atoms with van der Waals surface area (Å²) in [6.07, 6.45) is -0.806. The molecule has 3 rings (SSSR count). The fourth-order valence-corrected chi connectivity index (χ4v) is 4.81. The first-order valence-corrected chi connectivity index (χ1v) is 8.76. The van der Waals surface area contributed by atoms with Crippen LogP contribution >= 0.6 is 0 Å². The van der Waals surface area contributed by atoms with Gasteiger partial charge in [0.2, 0.25) is 6.29 Å². The number of carbonyl (C=O) groups is 1. The van der Waals surface area contributed by atoms with Crippen molar-refractivity contribution in [2.24, 2.45) is 15.6 Å². The number of cyclic esters (lactones) is 1. The van der Waals surface area contributed by atoms with E-state index in [0.29, 0.717) is 11.5 Å².